The molecule has 3 nitrogen and oxygen atoms in total. The SMILES string of the molecule is CCC1CN2CCCCC2CN1C1CCN(C)CC1. The molecule has 3 heteroatoms. The summed E-state index contributed by atoms with van der Waals surface area (Å²) < 4.78 is 0. The predicted octanol–water partition coefficient (Wildman–Crippen LogP) is 2.03. The van der Waals surface area contributed by atoms with Crippen LogP contribution in [0.4, 0.5) is 0 Å². The first-order valence-corrected chi connectivity index (χ1v) is 8.46. The van der Waals surface area contributed by atoms with Crippen molar-refractivity contribution in [1.82, 2.24) is 14.7 Å². The van der Waals surface area contributed by atoms with Crippen molar-refractivity contribution in [3.63, 3.8) is 0 Å². The summed E-state index contributed by atoms with van der Waals surface area (Å²) in [5, 5.41) is 0. The van der Waals surface area contributed by atoms with Gasteiger partial charge in [-0.3, -0.25) is 9.80 Å². The first-order chi connectivity index (χ1) is 9.28. The van der Waals surface area contributed by atoms with Crippen molar-refractivity contribution < 1.29 is 0 Å². The third-order valence-corrected chi connectivity index (χ3v) is 5.71. The topological polar surface area (TPSA) is 9.72 Å². The summed E-state index contributed by atoms with van der Waals surface area (Å²) in [5.41, 5.74) is 0. The van der Waals surface area contributed by atoms with E-state index in [0.717, 1.165) is 18.1 Å². The summed E-state index contributed by atoms with van der Waals surface area (Å²) >= 11 is 0. The maximum Gasteiger partial charge on any atom is 0.0224 e. The number of hydrogen-bond acceptors (Lipinski definition) is 3. The van der Waals surface area contributed by atoms with Gasteiger partial charge >= 0.3 is 0 Å². The Morgan fingerprint density at radius 1 is 0.895 bits per heavy atom. The van der Waals surface area contributed by atoms with Gasteiger partial charge in [0, 0.05) is 31.2 Å². The summed E-state index contributed by atoms with van der Waals surface area (Å²) in [4.78, 5) is 8.19. The van der Waals surface area contributed by atoms with E-state index in [9.17, 15) is 0 Å². The second-order valence-electron chi connectivity index (χ2n) is 6.94. The van der Waals surface area contributed by atoms with Crippen LogP contribution in [0, 0.1) is 0 Å². The lowest BCUT2D eigenvalue weighted by Gasteiger charge is -2.52. The van der Waals surface area contributed by atoms with Gasteiger partial charge < -0.3 is 4.90 Å². The van der Waals surface area contributed by atoms with Gasteiger partial charge in [0.1, 0.15) is 0 Å². The summed E-state index contributed by atoms with van der Waals surface area (Å²) in [7, 11) is 2.27. The molecule has 0 aromatic rings. The van der Waals surface area contributed by atoms with E-state index in [4.69, 9.17) is 0 Å². The van der Waals surface area contributed by atoms with Crippen molar-refractivity contribution in [2.45, 2.75) is 63.6 Å². The molecular formula is C16H31N3. The van der Waals surface area contributed by atoms with Crippen LogP contribution in [0.2, 0.25) is 0 Å². The molecule has 19 heavy (non-hydrogen) atoms. The Bertz CT molecular complexity index is 284. The molecule has 0 aromatic carbocycles. The Morgan fingerprint density at radius 2 is 1.68 bits per heavy atom. The number of hydrogen-bond donors (Lipinski definition) is 0. The quantitative estimate of drug-likeness (QED) is 0.756. The van der Waals surface area contributed by atoms with Gasteiger partial charge in [0.05, 0.1) is 0 Å². The van der Waals surface area contributed by atoms with Crippen LogP contribution in [0.1, 0.15) is 45.4 Å². The number of nitrogens with zero attached hydrogens (tertiary/aromatic N) is 3. The summed E-state index contributed by atoms with van der Waals surface area (Å²) in [6.07, 6.45) is 8.44. The fraction of sp³-hybridized carbons (Fsp3) is 1.00. The number of piperazine rings is 1. The minimum absolute atomic E-state index is 0.822. The van der Waals surface area contributed by atoms with E-state index in [1.165, 1.54) is 71.2 Å². The maximum absolute atomic E-state index is 2.90. The Hall–Kier alpha value is -0.120. The van der Waals surface area contributed by atoms with Crippen LogP contribution in [0.15, 0.2) is 0 Å². The molecule has 110 valence electrons. The van der Waals surface area contributed by atoms with E-state index in [1.54, 1.807) is 0 Å². The van der Waals surface area contributed by atoms with E-state index in [-0.39, 0.29) is 0 Å². The molecule has 0 radical (unpaired) electrons. The van der Waals surface area contributed by atoms with E-state index >= 15 is 0 Å². The van der Waals surface area contributed by atoms with E-state index in [1.807, 2.05) is 0 Å². The molecule has 3 rings (SSSR count). The molecule has 3 fully saturated rings. The normalized spacial score (nSPS) is 36.3. The van der Waals surface area contributed by atoms with Crippen molar-refractivity contribution in [2.75, 3.05) is 39.8 Å². The standard InChI is InChI=1S/C16H31N3/c1-3-14-12-18-9-5-4-6-16(18)13-19(14)15-7-10-17(2)11-8-15/h14-16H,3-13H2,1-2H3. The molecule has 2 atom stereocenters. The van der Waals surface area contributed by atoms with Crippen LogP contribution in [0.3, 0.4) is 0 Å². The zero-order valence-electron chi connectivity index (χ0n) is 12.9. The van der Waals surface area contributed by atoms with Gasteiger partial charge in [0.2, 0.25) is 0 Å². The number of fused-ring (bicyclic) bond motifs is 1. The van der Waals surface area contributed by atoms with Gasteiger partial charge in [0.15, 0.2) is 0 Å². The van der Waals surface area contributed by atoms with Crippen LogP contribution < -0.4 is 0 Å². The summed E-state index contributed by atoms with van der Waals surface area (Å²) in [5.74, 6) is 0. The number of rotatable bonds is 2. The molecule has 0 spiro atoms. The van der Waals surface area contributed by atoms with Gasteiger partial charge in [0.25, 0.3) is 0 Å². The average Bonchev–Trinajstić information content (AvgIpc) is 2.46. The van der Waals surface area contributed by atoms with Gasteiger partial charge in [-0.05, 0) is 58.8 Å². The molecule has 0 amide bonds. The van der Waals surface area contributed by atoms with Gasteiger partial charge in [-0.1, -0.05) is 13.3 Å². The van der Waals surface area contributed by atoms with E-state index in [2.05, 4.69) is 28.7 Å². The average molecular weight is 265 g/mol. The van der Waals surface area contributed by atoms with Crippen LogP contribution in [-0.4, -0.2) is 72.6 Å². The highest BCUT2D eigenvalue weighted by atomic mass is 15.3. The Kier molecular flexibility index (Phi) is 4.45. The molecule has 3 heterocycles. The molecule has 0 aromatic heterocycles. The molecule has 2 unspecified atom stereocenters. The maximum atomic E-state index is 2.90. The fourth-order valence-corrected chi connectivity index (χ4v) is 4.41. The molecule has 0 aliphatic carbocycles. The zero-order valence-corrected chi connectivity index (χ0v) is 12.9. The molecular weight excluding hydrogens is 234 g/mol. The molecule has 3 aliphatic heterocycles. The second kappa shape index (κ2) is 6.11. The Morgan fingerprint density at radius 3 is 2.42 bits per heavy atom. The second-order valence-corrected chi connectivity index (χ2v) is 6.94. The molecule has 3 saturated heterocycles. The van der Waals surface area contributed by atoms with Crippen molar-refractivity contribution in [1.29, 1.82) is 0 Å². The van der Waals surface area contributed by atoms with Crippen molar-refractivity contribution in [3.05, 3.63) is 0 Å². The fourth-order valence-electron chi connectivity index (χ4n) is 4.41. The lowest BCUT2D eigenvalue weighted by atomic mass is 9.92. The van der Waals surface area contributed by atoms with Crippen molar-refractivity contribution in [3.8, 4) is 0 Å². The summed E-state index contributed by atoms with van der Waals surface area (Å²) in [6, 6.07) is 2.56. The lowest BCUT2D eigenvalue weighted by Crippen LogP contribution is -2.62. The van der Waals surface area contributed by atoms with Crippen LogP contribution in [-0.2, 0) is 0 Å². The van der Waals surface area contributed by atoms with E-state index in [0.29, 0.717) is 0 Å². The zero-order chi connectivity index (χ0) is 13.2. The monoisotopic (exact) mass is 265 g/mol. The first-order valence-electron chi connectivity index (χ1n) is 8.46. The highest BCUT2D eigenvalue weighted by molar-refractivity contribution is 4.94. The molecule has 3 aliphatic rings. The third-order valence-electron chi connectivity index (χ3n) is 5.71. The third kappa shape index (κ3) is 2.98. The van der Waals surface area contributed by atoms with Crippen molar-refractivity contribution in [2.24, 2.45) is 0 Å². The highest BCUT2D eigenvalue weighted by Crippen LogP contribution is 2.29. The number of likely N-dealkylation sites (tertiary alicyclic amines) is 1. The van der Waals surface area contributed by atoms with Crippen molar-refractivity contribution >= 4 is 0 Å². The van der Waals surface area contributed by atoms with Crippen LogP contribution in [0.5, 0.6) is 0 Å². The smallest absolute Gasteiger partial charge is 0.0224 e. The molecule has 0 N–H and O–H groups in total. The Balaban J connectivity index is 1.65. The number of piperidine rings is 2. The summed E-state index contributed by atoms with van der Waals surface area (Å²) in [6.45, 7) is 9.04. The Labute approximate surface area is 118 Å². The largest absolute Gasteiger partial charge is 0.306 e. The van der Waals surface area contributed by atoms with E-state index < -0.39 is 0 Å². The minimum atomic E-state index is 0.822. The minimum Gasteiger partial charge on any atom is -0.306 e. The predicted molar refractivity (Wildman–Crippen MR) is 80.5 cm³/mol. The molecule has 0 saturated carbocycles. The van der Waals surface area contributed by atoms with Gasteiger partial charge in [-0.15, -0.1) is 0 Å². The van der Waals surface area contributed by atoms with Crippen LogP contribution >= 0.6 is 0 Å². The van der Waals surface area contributed by atoms with Gasteiger partial charge in [-0.25, -0.2) is 0 Å². The van der Waals surface area contributed by atoms with Gasteiger partial charge in [-0.2, -0.15) is 0 Å². The van der Waals surface area contributed by atoms with Crippen LogP contribution in [0.25, 0.3) is 0 Å². The first kappa shape index (κ1) is 13.8. The lowest BCUT2D eigenvalue weighted by molar-refractivity contribution is -0.0280. The highest BCUT2D eigenvalue weighted by Gasteiger charge is 2.37. The molecule has 0 bridgehead atoms.